The van der Waals surface area contributed by atoms with E-state index in [1.165, 1.54) is 4.57 Å². The molecule has 6 heteroatoms. The Morgan fingerprint density at radius 3 is 2.90 bits per heavy atom. The molecule has 1 amide bonds. The molecule has 3 N–H and O–H groups in total. The third kappa shape index (κ3) is 3.19. The molecule has 20 heavy (non-hydrogen) atoms. The van der Waals surface area contributed by atoms with Crippen LogP contribution in [0.2, 0.25) is 5.02 Å². The average Bonchev–Trinajstić information content (AvgIpc) is 2.39. The van der Waals surface area contributed by atoms with Gasteiger partial charge >= 0.3 is 0 Å². The van der Waals surface area contributed by atoms with Crippen molar-refractivity contribution in [3.05, 3.63) is 57.5 Å². The van der Waals surface area contributed by atoms with Gasteiger partial charge in [0.2, 0.25) is 5.91 Å². The predicted molar refractivity (Wildman–Crippen MR) is 79.9 cm³/mol. The van der Waals surface area contributed by atoms with Gasteiger partial charge in [0.05, 0.1) is 10.7 Å². The van der Waals surface area contributed by atoms with E-state index in [1.807, 2.05) is 0 Å². The maximum absolute atomic E-state index is 11.9. The summed E-state index contributed by atoms with van der Waals surface area (Å²) in [5.41, 5.74) is 6.95. The van der Waals surface area contributed by atoms with E-state index in [0.29, 0.717) is 22.0 Å². The predicted octanol–water partition coefficient (Wildman–Crippen LogP) is 2.03. The van der Waals surface area contributed by atoms with Gasteiger partial charge in [0.15, 0.2) is 0 Å². The molecule has 5 nitrogen and oxygen atoms in total. The third-order valence-corrected chi connectivity index (χ3v) is 3.12. The summed E-state index contributed by atoms with van der Waals surface area (Å²) >= 11 is 5.96. The van der Waals surface area contributed by atoms with Crippen LogP contribution in [0.4, 0.5) is 11.4 Å². The second kappa shape index (κ2) is 5.79. The first-order chi connectivity index (χ1) is 9.47. The van der Waals surface area contributed by atoms with Gasteiger partial charge in [-0.1, -0.05) is 17.7 Å². The number of aryl methyl sites for hydroxylation is 1. The van der Waals surface area contributed by atoms with E-state index in [1.54, 1.807) is 43.5 Å². The van der Waals surface area contributed by atoms with Gasteiger partial charge in [0, 0.05) is 17.4 Å². The number of benzene rings is 1. The normalized spacial score (nSPS) is 10.3. The summed E-state index contributed by atoms with van der Waals surface area (Å²) in [6, 6.07) is 8.23. The number of anilines is 2. The van der Waals surface area contributed by atoms with Gasteiger partial charge in [-0.15, -0.1) is 0 Å². The van der Waals surface area contributed by atoms with Gasteiger partial charge in [-0.3, -0.25) is 9.59 Å². The van der Waals surface area contributed by atoms with E-state index in [-0.39, 0.29) is 18.0 Å². The molecule has 0 atom stereocenters. The average molecular weight is 292 g/mol. The number of carbonyl (C=O) groups excluding carboxylic acids is 1. The molecule has 0 unspecified atom stereocenters. The highest BCUT2D eigenvalue weighted by atomic mass is 35.5. The lowest BCUT2D eigenvalue weighted by molar-refractivity contribution is -0.116. The molecule has 1 aromatic heterocycles. The fourth-order valence-corrected chi connectivity index (χ4v) is 1.93. The molecule has 2 rings (SSSR count). The number of carbonyl (C=O) groups is 1. The zero-order valence-corrected chi connectivity index (χ0v) is 11.6. The molecular formula is C14H14ClN3O2. The fourth-order valence-electron chi connectivity index (χ4n) is 1.76. The zero-order chi connectivity index (χ0) is 14.7. The molecule has 104 valence electrons. The summed E-state index contributed by atoms with van der Waals surface area (Å²) in [7, 11) is 0. The topological polar surface area (TPSA) is 77.1 Å². The van der Waals surface area contributed by atoms with E-state index in [9.17, 15) is 9.59 Å². The number of halogens is 1. The van der Waals surface area contributed by atoms with Crippen LogP contribution in [0.25, 0.3) is 0 Å². The van der Waals surface area contributed by atoms with E-state index in [0.717, 1.165) is 0 Å². The van der Waals surface area contributed by atoms with Crippen LogP contribution in [0.15, 0.2) is 41.3 Å². The Morgan fingerprint density at radius 2 is 2.15 bits per heavy atom. The molecule has 1 aromatic carbocycles. The standard InChI is InChI=1S/C14H14ClN3O2/c1-9-3-2-6-18(14(9)20)8-13(19)17-12-7-10(16)4-5-11(12)15/h2-7H,8,16H2,1H3,(H,17,19). The van der Waals surface area contributed by atoms with Crippen molar-refractivity contribution in [3.8, 4) is 0 Å². The highest BCUT2D eigenvalue weighted by Crippen LogP contribution is 2.23. The van der Waals surface area contributed by atoms with E-state index in [4.69, 9.17) is 17.3 Å². The molecule has 1 heterocycles. The minimum atomic E-state index is -0.342. The number of pyridine rings is 1. The summed E-state index contributed by atoms with van der Waals surface area (Å²) in [4.78, 5) is 23.8. The fraction of sp³-hybridized carbons (Fsp3) is 0.143. The first-order valence-electron chi connectivity index (χ1n) is 5.98. The zero-order valence-electron chi connectivity index (χ0n) is 10.9. The minimum Gasteiger partial charge on any atom is -0.399 e. The molecule has 0 saturated heterocycles. The number of rotatable bonds is 3. The number of nitrogens with one attached hydrogen (secondary N) is 1. The Kier molecular flexibility index (Phi) is 4.10. The molecule has 0 bridgehead atoms. The molecule has 0 aliphatic heterocycles. The van der Waals surface area contributed by atoms with Gasteiger partial charge in [0.25, 0.3) is 5.56 Å². The van der Waals surface area contributed by atoms with E-state index < -0.39 is 0 Å². The van der Waals surface area contributed by atoms with Crippen molar-refractivity contribution in [2.45, 2.75) is 13.5 Å². The second-order valence-corrected chi connectivity index (χ2v) is 4.82. The van der Waals surface area contributed by atoms with Crippen molar-refractivity contribution in [1.29, 1.82) is 0 Å². The van der Waals surface area contributed by atoms with Crippen LogP contribution in [0.3, 0.4) is 0 Å². The van der Waals surface area contributed by atoms with Gasteiger partial charge in [-0.25, -0.2) is 0 Å². The second-order valence-electron chi connectivity index (χ2n) is 4.41. The number of hydrogen-bond donors (Lipinski definition) is 2. The SMILES string of the molecule is Cc1cccn(CC(=O)Nc2cc(N)ccc2Cl)c1=O. The number of nitrogens with zero attached hydrogens (tertiary/aromatic N) is 1. The van der Waals surface area contributed by atoms with Crippen LogP contribution in [0, 0.1) is 6.92 Å². The van der Waals surface area contributed by atoms with Crippen LogP contribution in [-0.4, -0.2) is 10.5 Å². The summed E-state index contributed by atoms with van der Waals surface area (Å²) < 4.78 is 1.34. The van der Waals surface area contributed by atoms with Crippen LogP contribution in [0.5, 0.6) is 0 Å². The molecule has 0 radical (unpaired) electrons. The Hall–Kier alpha value is -2.27. The highest BCUT2D eigenvalue weighted by Gasteiger charge is 2.08. The van der Waals surface area contributed by atoms with Crippen molar-refractivity contribution < 1.29 is 4.79 Å². The van der Waals surface area contributed by atoms with Gasteiger partial charge in [-0.05, 0) is 31.2 Å². The van der Waals surface area contributed by atoms with Crippen LogP contribution in [-0.2, 0) is 11.3 Å². The maximum atomic E-state index is 11.9. The van der Waals surface area contributed by atoms with E-state index >= 15 is 0 Å². The van der Waals surface area contributed by atoms with E-state index in [2.05, 4.69) is 5.32 Å². The number of nitrogen functional groups attached to an aromatic ring is 1. The van der Waals surface area contributed by atoms with Crippen LogP contribution < -0.4 is 16.6 Å². The Labute approximate surface area is 121 Å². The smallest absolute Gasteiger partial charge is 0.253 e. The molecule has 0 aliphatic carbocycles. The number of nitrogens with two attached hydrogens (primary N) is 1. The Bertz CT molecular complexity index is 710. The van der Waals surface area contributed by atoms with Crippen molar-refractivity contribution in [3.63, 3.8) is 0 Å². The molecule has 0 aliphatic rings. The van der Waals surface area contributed by atoms with Gasteiger partial charge in [0.1, 0.15) is 6.54 Å². The van der Waals surface area contributed by atoms with Gasteiger partial charge < -0.3 is 15.6 Å². The number of aromatic nitrogens is 1. The summed E-state index contributed by atoms with van der Waals surface area (Å²) in [5.74, 6) is -0.342. The number of hydrogen-bond acceptors (Lipinski definition) is 3. The third-order valence-electron chi connectivity index (χ3n) is 2.79. The first-order valence-corrected chi connectivity index (χ1v) is 6.36. The lowest BCUT2D eigenvalue weighted by Crippen LogP contribution is -2.28. The highest BCUT2D eigenvalue weighted by molar-refractivity contribution is 6.33. The molecule has 2 aromatic rings. The van der Waals surface area contributed by atoms with Crippen molar-refractivity contribution in [2.24, 2.45) is 0 Å². The quantitative estimate of drug-likeness (QED) is 0.850. The largest absolute Gasteiger partial charge is 0.399 e. The summed E-state index contributed by atoms with van der Waals surface area (Å²) in [6.07, 6.45) is 1.57. The molecule has 0 spiro atoms. The molecule has 0 fully saturated rings. The summed E-state index contributed by atoms with van der Waals surface area (Å²) in [6.45, 7) is 1.62. The van der Waals surface area contributed by atoms with Crippen molar-refractivity contribution >= 4 is 28.9 Å². The number of amides is 1. The lowest BCUT2D eigenvalue weighted by Gasteiger charge is -2.09. The van der Waals surface area contributed by atoms with Crippen molar-refractivity contribution in [1.82, 2.24) is 4.57 Å². The molecular weight excluding hydrogens is 278 g/mol. The summed E-state index contributed by atoms with van der Waals surface area (Å²) in [5, 5.41) is 3.03. The monoisotopic (exact) mass is 291 g/mol. The maximum Gasteiger partial charge on any atom is 0.253 e. The Morgan fingerprint density at radius 1 is 1.40 bits per heavy atom. The minimum absolute atomic E-state index is 0.0777. The first kappa shape index (κ1) is 14.1. The Balaban J connectivity index is 2.15. The lowest BCUT2D eigenvalue weighted by atomic mass is 10.2. The van der Waals surface area contributed by atoms with Crippen molar-refractivity contribution in [2.75, 3.05) is 11.1 Å². The van der Waals surface area contributed by atoms with Crippen LogP contribution >= 0.6 is 11.6 Å². The van der Waals surface area contributed by atoms with Gasteiger partial charge in [-0.2, -0.15) is 0 Å². The van der Waals surface area contributed by atoms with Crippen LogP contribution in [0.1, 0.15) is 5.56 Å². The molecule has 0 saturated carbocycles.